The second kappa shape index (κ2) is 8.44. The smallest absolute Gasteiger partial charge is 0.232 e. The molecule has 1 aromatic heterocycles. The van der Waals surface area contributed by atoms with E-state index < -0.39 is 0 Å². The fourth-order valence-electron chi connectivity index (χ4n) is 2.62. The molecule has 0 amide bonds. The average Bonchev–Trinajstić information content (AvgIpc) is 2.62. The highest BCUT2D eigenvalue weighted by Gasteiger charge is 2.14. The number of benzene rings is 1. The number of likely N-dealkylation sites (tertiary alicyclic amines) is 1. The van der Waals surface area contributed by atoms with Gasteiger partial charge in [0, 0.05) is 18.8 Å². The van der Waals surface area contributed by atoms with Gasteiger partial charge in [-0.15, -0.1) is 0 Å². The minimum absolute atomic E-state index is 0.212. The van der Waals surface area contributed by atoms with Gasteiger partial charge in [-0.3, -0.25) is 0 Å². The van der Waals surface area contributed by atoms with Gasteiger partial charge in [0.2, 0.25) is 11.9 Å². The Labute approximate surface area is 157 Å². The number of nitrogens with two attached hydrogens (primary N) is 1. The van der Waals surface area contributed by atoms with E-state index in [-0.39, 0.29) is 5.95 Å². The fourth-order valence-corrected chi connectivity index (χ4v) is 3.72. The van der Waals surface area contributed by atoms with Gasteiger partial charge in [-0.2, -0.15) is 15.0 Å². The summed E-state index contributed by atoms with van der Waals surface area (Å²) in [6.45, 7) is 4.14. The molecule has 2 aromatic rings. The number of nitrogen functional groups attached to an aromatic ring is 1. The highest BCUT2D eigenvalue weighted by Crippen LogP contribution is 2.20. The van der Waals surface area contributed by atoms with Crippen molar-refractivity contribution >= 4 is 45.9 Å². The first kappa shape index (κ1) is 17.9. The van der Waals surface area contributed by atoms with Gasteiger partial charge in [-0.1, -0.05) is 41.7 Å². The molecule has 1 fully saturated rings. The molecule has 0 radical (unpaired) electrons. The molecule has 1 aromatic carbocycles. The van der Waals surface area contributed by atoms with Crippen LogP contribution in [0.25, 0.3) is 0 Å². The number of nitrogens with one attached hydrogen (secondary N) is 1. The second-order valence-electron chi connectivity index (χ2n) is 6.03. The summed E-state index contributed by atoms with van der Waals surface area (Å²) in [6.07, 6.45) is 3.72. The van der Waals surface area contributed by atoms with E-state index in [1.54, 1.807) is 11.8 Å². The van der Waals surface area contributed by atoms with Gasteiger partial charge in [0.25, 0.3) is 0 Å². The Balaban J connectivity index is 1.62. The Hall–Kier alpha value is -1.93. The lowest BCUT2D eigenvalue weighted by Crippen LogP contribution is -2.32. The molecule has 1 aliphatic rings. The predicted molar refractivity (Wildman–Crippen MR) is 108 cm³/mol. The third-order valence-corrected chi connectivity index (χ3v) is 5.47. The summed E-state index contributed by atoms with van der Waals surface area (Å²) in [5.74, 6) is 1.89. The third-order valence-electron chi connectivity index (χ3n) is 3.95. The number of thioether (sulfide) groups is 1. The van der Waals surface area contributed by atoms with Crippen LogP contribution in [0.2, 0.25) is 0 Å². The van der Waals surface area contributed by atoms with E-state index >= 15 is 0 Å². The van der Waals surface area contributed by atoms with Gasteiger partial charge in [0.05, 0.1) is 5.75 Å². The number of aryl methyl sites for hydroxylation is 1. The number of hydrogen-bond donors (Lipinski definition) is 2. The molecule has 0 bridgehead atoms. The minimum atomic E-state index is 0.212. The Kier molecular flexibility index (Phi) is 6.04. The van der Waals surface area contributed by atoms with Crippen LogP contribution in [-0.4, -0.2) is 37.3 Å². The summed E-state index contributed by atoms with van der Waals surface area (Å²) in [6, 6.07) is 8.02. The molecular formula is C17H22N6S2. The molecule has 0 unspecified atom stereocenters. The van der Waals surface area contributed by atoms with Crippen LogP contribution in [0.1, 0.15) is 30.7 Å². The normalized spacial score (nSPS) is 14.4. The molecule has 1 saturated heterocycles. The van der Waals surface area contributed by atoms with Crippen molar-refractivity contribution in [2.45, 2.75) is 31.9 Å². The molecule has 8 heteroatoms. The summed E-state index contributed by atoms with van der Waals surface area (Å²) >= 11 is 7.11. The SMILES string of the molecule is Cc1ccc(Nc2nc(N)nc(CSC(=S)N3CCCCC3)n2)cc1. The molecular weight excluding hydrogens is 352 g/mol. The zero-order valence-electron chi connectivity index (χ0n) is 14.2. The van der Waals surface area contributed by atoms with Crippen molar-refractivity contribution in [1.82, 2.24) is 19.9 Å². The highest BCUT2D eigenvalue weighted by atomic mass is 32.2. The molecule has 0 saturated carbocycles. The van der Waals surface area contributed by atoms with Crippen molar-refractivity contribution in [2.75, 3.05) is 24.1 Å². The van der Waals surface area contributed by atoms with Gasteiger partial charge < -0.3 is 16.0 Å². The van der Waals surface area contributed by atoms with Gasteiger partial charge in [0.1, 0.15) is 10.1 Å². The number of nitrogens with zero attached hydrogens (tertiary/aromatic N) is 4. The fraction of sp³-hybridized carbons (Fsp3) is 0.412. The molecule has 1 aliphatic heterocycles. The van der Waals surface area contributed by atoms with Crippen LogP contribution in [0, 0.1) is 6.92 Å². The Morgan fingerprint density at radius 1 is 1.16 bits per heavy atom. The topological polar surface area (TPSA) is 80.0 Å². The lowest BCUT2D eigenvalue weighted by molar-refractivity contribution is 0.352. The number of aromatic nitrogens is 3. The maximum atomic E-state index is 5.83. The van der Waals surface area contributed by atoms with Crippen molar-refractivity contribution < 1.29 is 0 Å². The van der Waals surface area contributed by atoms with Crippen molar-refractivity contribution in [1.29, 1.82) is 0 Å². The highest BCUT2D eigenvalue weighted by molar-refractivity contribution is 8.22. The number of rotatable bonds is 4. The molecule has 132 valence electrons. The average molecular weight is 375 g/mol. The summed E-state index contributed by atoms with van der Waals surface area (Å²) < 4.78 is 0.909. The first-order valence-electron chi connectivity index (χ1n) is 8.36. The molecule has 0 atom stereocenters. The van der Waals surface area contributed by atoms with Crippen molar-refractivity contribution in [3.8, 4) is 0 Å². The number of hydrogen-bond acceptors (Lipinski definition) is 7. The molecule has 0 aliphatic carbocycles. The van der Waals surface area contributed by atoms with Crippen LogP contribution < -0.4 is 11.1 Å². The molecule has 3 N–H and O–H groups in total. The van der Waals surface area contributed by atoms with Gasteiger partial charge >= 0.3 is 0 Å². The van der Waals surface area contributed by atoms with Crippen LogP contribution in [0.15, 0.2) is 24.3 Å². The Morgan fingerprint density at radius 3 is 2.60 bits per heavy atom. The van der Waals surface area contributed by atoms with E-state index in [2.05, 4.69) is 25.2 Å². The third kappa shape index (κ3) is 5.27. The monoisotopic (exact) mass is 374 g/mol. The zero-order valence-corrected chi connectivity index (χ0v) is 15.9. The maximum Gasteiger partial charge on any atom is 0.232 e. The summed E-state index contributed by atoms with van der Waals surface area (Å²) in [7, 11) is 0. The summed E-state index contributed by atoms with van der Waals surface area (Å²) in [4.78, 5) is 15.1. The summed E-state index contributed by atoms with van der Waals surface area (Å²) in [5, 5.41) is 3.17. The van der Waals surface area contributed by atoms with E-state index in [1.165, 1.54) is 24.8 Å². The van der Waals surface area contributed by atoms with E-state index in [0.717, 1.165) is 23.1 Å². The molecule has 0 spiro atoms. The van der Waals surface area contributed by atoms with E-state index in [9.17, 15) is 0 Å². The minimum Gasteiger partial charge on any atom is -0.368 e. The lowest BCUT2D eigenvalue weighted by atomic mass is 10.1. The lowest BCUT2D eigenvalue weighted by Gasteiger charge is -2.28. The molecule has 25 heavy (non-hydrogen) atoms. The quantitative estimate of drug-likeness (QED) is 0.787. The van der Waals surface area contributed by atoms with Crippen LogP contribution in [0.4, 0.5) is 17.6 Å². The van der Waals surface area contributed by atoms with E-state index in [4.69, 9.17) is 18.0 Å². The number of piperidine rings is 1. The van der Waals surface area contributed by atoms with E-state index in [0.29, 0.717) is 17.5 Å². The van der Waals surface area contributed by atoms with E-state index in [1.807, 2.05) is 31.2 Å². The Bertz CT molecular complexity index is 728. The predicted octanol–water partition coefficient (Wildman–Crippen LogP) is 3.51. The van der Waals surface area contributed by atoms with Crippen molar-refractivity contribution in [3.63, 3.8) is 0 Å². The van der Waals surface area contributed by atoms with Crippen LogP contribution in [-0.2, 0) is 5.75 Å². The number of thiocarbonyl (C=S) groups is 1. The van der Waals surface area contributed by atoms with Gasteiger partial charge in [-0.05, 0) is 38.3 Å². The molecule has 6 nitrogen and oxygen atoms in total. The standard InChI is InChI=1S/C17H22N6S2/c1-12-5-7-13(8-6-12)19-16-21-14(20-15(18)22-16)11-25-17(24)23-9-3-2-4-10-23/h5-8H,2-4,9-11H2,1H3,(H3,18,19,20,21,22). The Morgan fingerprint density at radius 2 is 1.88 bits per heavy atom. The van der Waals surface area contributed by atoms with Crippen molar-refractivity contribution in [3.05, 3.63) is 35.7 Å². The molecule has 2 heterocycles. The maximum absolute atomic E-state index is 5.83. The van der Waals surface area contributed by atoms with Gasteiger partial charge in [0.15, 0.2) is 0 Å². The first-order valence-corrected chi connectivity index (χ1v) is 9.75. The largest absolute Gasteiger partial charge is 0.368 e. The summed E-state index contributed by atoms with van der Waals surface area (Å²) in [5.41, 5.74) is 7.95. The number of anilines is 3. The van der Waals surface area contributed by atoms with Crippen LogP contribution in [0.3, 0.4) is 0 Å². The molecule has 3 rings (SSSR count). The van der Waals surface area contributed by atoms with Crippen LogP contribution in [0.5, 0.6) is 0 Å². The zero-order chi connectivity index (χ0) is 17.6. The first-order chi connectivity index (χ1) is 12.1. The second-order valence-corrected chi connectivity index (χ2v) is 7.64. The van der Waals surface area contributed by atoms with Crippen LogP contribution >= 0.6 is 24.0 Å². The van der Waals surface area contributed by atoms with Crippen molar-refractivity contribution in [2.24, 2.45) is 0 Å². The van der Waals surface area contributed by atoms with Gasteiger partial charge in [-0.25, -0.2) is 0 Å².